The number of aromatic nitrogens is 2. The third kappa shape index (κ3) is 7.90. The first-order valence-electron chi connectivity index (χ1n) is 10.4. The van der Waals surface area contributed by atoms with Gasteiger partial charge in [0.2, 0.25) is 0 Å². The molecule has 0 bridgehead atoms. The van der Waals surface area contributed by atoms with E-state index in [1.807, 2.05) is 24.2 Å². The number of hydrogen-bond acceptors (Lipinski definition) is 3. The van der Waals surface area contributed by atoms with Crippen LogP contribution in [0.3, 0.4) is 0 Å². The minimum Gasteiger partial charge on any atom is -0.236 e. The molecule has 1 aromatic heterocycles. The lowest BCUT2D eigenvalue weighted by atomic mass is 10.1. The first-order valence-corrected chi connectivity index (χ1v) is 11.4. The van der Waals surface area contributed by atoms with Crippen LogP contribution >= 0.6 is 11.8 Å². The molecule has 2 rings (SSSR count). The van der Waals surface area contributed by atoms with Crippen LogP contribution in [0.5, 0.6) is 0 Å². The van der Waals surface area contributed by atoms with Crippen molar-refractivity contribution in [1.82, 2.24) is 9.97 Å². The van der Waals surface area contributed by atoms with Crippen molar-refractivity contribution in [2.75, 3.05) is 5.75 Å². The van der Waals surface area contributed by atoms with Gasteiger partial charge in [-0.3, -0.25) is 0 Å². The average molecular weight is 371 g/mol. The van der Waals surface area contributed by atoms with Gasteiger partial charge in [0, 0.05) is 22.9 Å². The average Bonchev–Trinajstić information content (AvgIpc) is 2.68. The maximum atomic E-state index is 4.50. The van der Waals surface area contributed by atoms with Crippen LogP contribution in [0.2, 0.25) is 0 Å². The summed E-state index contributed by atoms with van der Waals surface area (Å²) in [6.07, 6.45) is 17.2. The summed E-state index contributed by atoms with van der Waals surface area (Å²) in [6, 6.07) is 8.69. The Kier molecular flexibility index (Phi) is 10.4. The molecule has 0 aliphatic rings. The van der Waals surface area contributed by atoms with Crippen molar-refractivity contribution in [1.29, 1.82) is 0 Å². The highest BCUT2D eigenvalue weighted by Gasteiger charge is 2.02. The Morgan fingerprint density at radius 1 is 0.731 bits per heavy atom. The first-order chi connectivity index (χ1) is 12.8. The predicted molar refractivity (Wildman–Crippen MR) is 115 cm³/mol. The molecule has 2 aromatic rings. The molecule has 0 saturated heterocycles. The number of unbranched alkanes of at least 4 members (excludes halogenated alkanes) is 7. The van der Waals surface area contributed by atoms with E-state index in [0.29, 0.717) is 0 Å². The first kappa shape index (κ1) is 21.0. The molecule has 2 nitrogen and oxygen atoms in total. The van der Waals surface area contributed by atoms with Gasteiger partial charge in [-0.15, -0.1) is 11.8 Å². The zero-order valence-electron chi connectivity index (χ0n) is 16.5. The summed E-state index contributed by atoms with van der Waals surface area (Å²) in [6.45, 7) is 4.46. The van der Waals surface area contributed by atoms with Crippen LogP contribution in [0.4, 0.5) is 0 Å². The van der Waals surface area contributed by atoms with Crippen LogP contribution in [-0.4, -0.2) is 15.7 Å². The SMILES string of the molecule is CCCCCCCCCCSc1ccc(-c2ncc(CCC)cn2)cc1. The number of hydrogen-bond donors (Lipinski definition) is 0. The Morgan fingerprint density at radius 3 is 1.96 bits per heavy atom. The molecule has 0 aliphatic carbocycles. The van der Waals surface area contributed by atoms with Gasteiger partial charge in [-0.2, -0.15) is 0 Å². The van der Waals surface area contributed by atoms with E-state index in [1.165, 1.54) is 67.6 Å². The fourth-order valence-electron chi connectivity index (χ4n) is 3.05. The van der Waals surface area contributed by atoms with Crippen molar-refractivity contribution < 1.29 is 0 Å². The lowest BCUT2D eigenvalue weighted by molar-refractivity contribution is 0.586. The zero-order chi connectivity index (χ0) is 18.5. The van der Waals surface area contributed by atoms with E-state index in [0.717, 1.165) is 24.2 Å². The van der Waals surface area contributed by atoms with Gasteiger partial charge in [-0.05, 0) is 36.3 Å². The summed E-state index contributed by atoms with van der Waals surface area (Å²) < 4.78 is 0. The predicted octanol–water partition coefficient (Wildman–Crippen LogP) is 7.33. The smallest absolute Gasteiger partial charge is 0.159 e. The molecule has 0 spiro atoms. The van der Waals surface area contributed by atoms with Crippen LogP contribution < -0.4 is 0 Å². The Morgan fingerprint density at radius 2 is 1.35 bits per heavy atom. The number of benzene rings is 1. The van der Waals surface area contributed by atoms with Crippen molar-refractivity contribution in [2.24, 2.45) is 0 Å². The molecule has 1 aromatic carbocycles. The molecular weight excluding hydrogens is 336 g/mol. The Labute approximate surface area is 164 Å². The van der Waals surface area contributed by atoms with Gasteiger partial charge in [0.25, 0.3) is 0 Å². The topological polar surface area (TPSA) is 25.8 Å². The lowest BCUT2D eigenvalue weighted by Gasteiger charge is -2.05. The monoisotopic (exact) mass is 370 g/mol. The highest BCUT2D eigenvalue weighted by molar-refractivity contribution is 7.99. The lowest BCUT2D eigenvalue weighted by Crippen LogP contribution is -1.92. The van der Waals surface area contributed by atoms with Crippen LogP contribution in [0.25, 0.3) is 11.4 Å². The maximum Gasteiger partial charge on any atom is 0.159 e. The second kappa shape index (κ2) is 12.9. The molecule has 142 valence electrons. The summed E-state index contributed by atoms with van der Waals surface area (Å²) in [5.41, 5.74) is 2.32. The molecule has 26 heavy (non-hydrogen) atoms. The van der Waals surface area contributed by atoms with E-state index < -0.39 is 0 Å². The normalized spacial score (nSPS) is 11.0. The van der Waals surface area contributed by atoms with E-state index in [4.69, 9.17) is 0 Å². The van der Waals surface area contributed by atoms with Gasteiger partial charge >= 0.3 is 0 Å². The highest BCUT2D eigenvalue weighted by Crippen LogP contribution is 2.23. The van der Waals surface area contributed by atoms with Gasteiger partial charge in [0.1, 0.15) is 0 Å². The van der Waals surface area contributed by atoms with Crippen molar-refractivity contribution in [2.45, 2.75) is 83.0 Å². The standard InChI is InChI=1S/C23H34N2S/c1-3-5-6-7-8-9-10-11-17-26-22-15-13-21(14-16-22)23-24-18-20(12-4-2)19-25-23/h13-16,18-19H,3-12,17H2,1-2H3. The van der Waals surface area contributed by atoms with Gasteiger partial charge < -0.3 is 0 Å². The molecule has 0 fully saturated rings. The molecular formula is C23H34N2S. The Balaban J connectivity index is 1.66. The Bertz CT molecular complexity index is 593. The molecule has 0 unspecified atom stereocenters. The van der Waals surface area contributed by atoms with Gasteiger partial charge in [-0.25, -0.2) is 9.97 Å². The van der Waals surface area contributed by atoms with E-state index in [1.54, 1.807) is 0 Å². The summed E-state index contributed by atoms with van der Waals surface area (Å²) in [5, 5.41) is 0. The van der Waals surface area contributed by atoms with Crippen LogP contribution in [-0.2, 0) is 6.42 Å². The van der Waals surface area contributed by atoms with Crippen molar-refractivity contribution in [3.8, 4) is 11.4 Å². The largest absolute Gasteiger partial charge is 0.236 e. The van der Waals surface area contributed by atoms with E-state index in [9.17, 15) is 0 Å². The maximum absolute atomic E-state index is 4.50. The molecule has 0 atom stereocenters. The third-order valence-electron chi connectivity index (χ3n) is 4.62. The van der Waals surface area contributed by atoms with Crippen molar-refractivity contribution in [3.05, 3.63) is 42.2 Å². The second-order valence-corrected chi connectivity index (χ2v) is 8.18. The Hall–Kier alpha value is -1.35. The molecule has 0 amide bonds. The molecule has 0 saturated carbocycles. The minimum absolute atomic E-state index is 0.824. The summed E-state index contributed by atoms with van der Waals surface area (Å²) in [7, 11) is 0. The second-order valence-electron chi connectivity index (χ2n) is 7.01. The fourth-order valence-corrected chi connectivity index (χ4v) is 3.96. The van der Waals surface area contributed by atoms with Crippen LogP contribution in [0.1, 0.15) is 77.2 Å². The molecule has 3 heteroatoms. The molecule has 0 radical (unpaired) electrons. The fraction of sp³-hybridized carbons (Fsp3) is 0.565. The summed E-state index contributed by atoms with van der Waals surface area (Å²) in [4.78, 5) is 10.4. The van der Waals surface area contributed by atoms with E-state index >= 15 is 0 Å². The van der Waals surface area contributed by atoms with Gasteiger partial charge in [0.15, 0.2) is 5.82 Å². The highest BCUT2D eigenvalue weighted by atomic mass is 32.2. The number of thioether (sulfide) groups is 1. The van der Waals surface area contributed by atoms with Crippen molar-refractivity contribution >= 4 is 11.8 Å². The third-order valence-corrected chi connectivity index (χ3v) is 5.72. The summed E-state index contributed by atoms with van der Waals surface area (Å²) >= 11 is 1.96. The van der Waals surface area contributed by atoms with Crippen molar-refractivity contribution in [3.63, 3.8) is 0 Å². The van der Waals surface area contributed by atoms with Gasteiger partial charge in [0.05, 0.1) is 0 Å². The number of rotatable bonds is 13. The molecule has 0 N–H and O–H groups in total. The van der Waals surface area contributed by atoms with Gasteiger partial charge in [-0.1, -0.05) is 77.3 Å². The zero-order valence-corrected chi connectivity index (χ0v) is 17.4. The number of nitrogens with zero attached hydrogens (tertiary/aromatic N) is 2. The molecule has 0 aliphatic heterocycles. The van der Waals surface area contributed by atoms with Crippen LogP contribution in [0, 0.1) is 0 Å². The number of aryl methyl sites for hydroxylation is 1. The minimum atomic E-state index is 0.824. The van der Waals surface area contributed by atoms with E-state index in [2.05, 4.69) is 48.1 Å². The summed E-state index contributed by atoms with van der Waals surface area (Å²) in [5.74, 6) is 2.04. The molecule has 1 heterocycles. The van der Waals surface area contributed by atoms with E-state index in [-0.39, 0.29) is 0 Å². The van der Waals surface area contributed by atoms with Crippen LogP contribution in [0.15, 0.2) is 41.6 Å². The quantitative estimate of drug-likeness (QED) is 0.273.